The Balaban J connectivity index is 2.07. The molecular formula is C23H25ClO5. The van der Waals surface area contributed by atoms with Crippen molar-refractivity contribution in [3.05, 3.63) is 58.1 Å². The van der Waals surface area contributed by atoms with Crippen LogP contribution >= 0.6 is 11.6 Å². The highest BCUT2D eigenvalue weighted by atomic mass is 35.5. The van der Waals surface area contributed by atoms with E-state index < -0.39 is 29.2 Å². The minimum atomic E-state index is -1.53. The van der Waals surface area contributed by atoms with Gasteiger partial charge in [-0.15, -0.1) is 0 Å². The standard InChI is InChI=1S/C23H25ClO5/c1-6-12(3)8-9-14-10-15-16(11-28-14)18-17(20(25)13(4)7-2)22(27)29-23(18,5)21(26)19(15)24/h7-12,17-18H,6H2,1-5H3/t12-,17+,18+,23-/m0/s1. The second-order valence-electron chi connectivity index (χ2n) is 7.86. The molecule has 2 aliphatic heterocycles. The molecule has 0 amide bonds. The third-order valence-corrected chi connectivity index (χ3v) is 6.35. The molecule has 0 unspecified atom stereocenters. The first kappa shape index (κ1) is 21.3. The van der Waals surface area contributed by atoms with E-state index in [0.29, 0.717) is 28.4 Å². The van der Waals surface area contributed by atoms with Crippen LogP contribution < -0.4 is 0 Å². The maximum absolute atomic E-state index is 13.0. The molecule has 0 spiro atoms. The van der Waals surface area contributed by atoms with E-state index >= 15 is 0 Å². The first-order chi connectivity index (χ1) is 13.7. The quantitative estimate of drug-likeness (QED) is 0.373. The number of esters is 1. The van der Waals surface area contributed by atoms with Crippen molar-refractivity contribution in [2.45, 2.75) is 46.6 Å². The van der Waals surface area contributed by atoms with Crippen molar-refractivity contribution in [3.63, 3.8) is 0 Å². The van der Waals surface area contributed by atoms with E-state index in [1.54, 1.807) is 26.0 Å². The van der Waals surface area contributed by atoms with Crippen LogP contribution in [0.3, 0.4) is 0 Å². The average Bonchev–Trinajstić information content (AvgIpc) is 3.00. The molecule has 4 atom stereocenters. The molecule has 6 heteroatoms. The number of ketones is 2. The van der Waals surface area contributed by atoms with Gasteiger partial charge in [-0.05, 0) is 44.4 Å². The fourth-order valence-corrected chi connectivity index (χ4v) is 4.16. The molecule has 154 valence electrons. The van der Waals surface area contributed by atoms with Gasteiger partial charge in [-0.1, -0.05) is 44.0 Å². The average molecular weight is 417 g/mol. The van der Waals surface area contributed by atoms with Gasteiger partial charge in [-0.3, -0.25) is 14.4 Å². The van der Waals surface area contributed by atoms with Crippen LogP contribution in [0.5, 0.6) is 0 Å². The van der Waals surface area contributed by atoms with Gasteiger partial charge in [-0.2, -0.15) is 0 Å². The molecular weight excluding hydrogens is 392 g/mol. The van der Waals surface area contributed by atoms with E-state index in [-0.39, 0.29) is 10.8 Å². The summed E-state index contributed by atoms with van der Waals surface area (Å²) in [6, 6.07) is 0. The van der Waals surface area contributed by atoms with Gasteiger partial charge >= 0.3 is 5.97 Å². The number of fused-ring (bicyclic) bond motifs is 3. The van der Waals surface area contributed by atoms with Crippen LogP contribution in [-0.2, 0) is 23.9 Å². The van der Waals surface area contributed by atoms with Crippen molar-refractivity contribution in [2.75, 3.05) is 0 Å². The van der Waals surface area contributed by atoms with Crippen molar-refractivity contribution in [1.29, 1.82) is 0 Å². The molecule has 0 aromatic carbocycles. The predicted octanol–water partition coefficient (Wildman–Crippen LogP) is 4.55. The van der Waals surface area contributed by atoms with Crippen LogP contribution in [0.25, 0.3) is 0 Å². The number of Topliss-reactive ketones (excluding diaryl/α,β-unsaturated/α-hetero) is 2. The van der Waals surface area contributed by atoms with E-state index in [9.17, 15) is 14.4 Å². The molecule has 0 aromatic rings. The van der Waals surface area contributed by atoms with E-state index in [1.165, 1.54) is 13.2 Å². The summed E-state index contributed by atoms with van der Waals surface area (Å²) in [5.41, 5.74) is -0.0794. The number of ether oxygens (including phenoxy) is 2. The third-order valence-electron chi connectivity index (χ3n) is 5.97. The van der Waals surface area contributed by atoms with E-state index in [0.717, 1.165) is 6.42 Å². The van der Waals surface area contributed by atoms with Gasteiger partial charge in [0.15, 0.2) is 11.4 Å². The van der Waals surface area contributed by atoms with Crippen LogP contribution in [-0.4, -0.2) is 23.1 Å². The second-order valence-corrected chi connectivity index (χ2v) is 8.24. The van der Waals surface area contributed by atoms with E-state index in [2.05, 4.69) is 13.8 Å². The highest BCUT2D eigenvalue weighted by molar-refractivity contribution is 6.45. The highest BCUT2D eigenvalue weighted by Gasteiger charge is 2.64. The number of carbonyl (C=O) groups is 3. The molecule has 3 aliphatic rings. The summed E-state index contributed by atoms with van der Waals surface area (Å²) in [4.78, 5) is 38.6. The Morgan fingerprint density at radius 2 is 2.07 bits per heavy atom. The Morgan fingerprint density at radius 3 is 2.69 bits per heavy atom. The summed E-state index contributed by atoms with van der Waals surface area (Å²) in [6.07, 6.45) is 9.64. The van der Waals surface area contributed by atoms with Gasteiger partial charge < -0.3 is 9.47 Å². The number of hydrogen-bond donors (Lipinski definition) is 0. The fourth-order valence-electron chi connectivity index (χ4n) is 3.81. The third kappa shape index (κ3) is 3.42. The summed E-state index contributed by atoms with van der Waals surface area (Å²) in [7, 11) is 0. The molecule has 1 fully saturated rings. The second kappa shape index (κ2) is 7.79. The Kier molecular flexibility index (Phi) is 5.72. The lowest BCUT2D eigenvalue weighted by Gasteiger charge is -2.36. The van der Waals surface area contributed by atoms with Gasteiger partial charge in [0.05, 0.1) is 17.2 Å². The summed E-state index contributed by atoms with van der Waals surface area (Å²) in [5.74, 6) is -2.56. The molecule has 0 radical (unpaired) electrons. The zero-order valence-corrected chi connectivity index (χ0v) is 18.0. The molecule has 2 heterocycles. The number of halogens is 1. The largest absolute Gasteiger partial charge is 0.465 e. The normalized spacial score (nSPS) is 30.3. The molecule has 0 saturated carbocycles. The van der Waals surface area contributed by atoms with Crippen molar-refractivity contribution < 1.29 is 23.9 Å². The summed E-state index contributed by atoms with van der Waals surface area (Å²) in [6.45, 7) is 9.05. The smallest absolute Gasteiger partial charge is 0.318 e. The van der Waals surface area contributed by atoms with Gasteiger partial charge in [0.25, 0.3) is 0 Å². The predicted molar refractivity (Wildman–Crippen MR) is 110 cm³/mol. The lowest BCUT2D eigenvalue weighted by Crippen LogP contribution is -2.48. The fraction of sp³-hybridized carbons (Fsp3) is 0.435. The van der Waals surface area contributed by atoms with Gasteiger partial charge in [0, 0.05) is 11.1 Å². The maximum Gasteiger partial charge on any atom is 0.318 e. The zero-order chi connectivity index (χ0) is 21.5. The van der Waals surface area contributed by atoms with Crippen LogP contribution in [0.1, 0.15) is 41.0 Å². The molecule has 29 heavy (non-hydrogen) atoms. The zero-order valence-electron chi connectivity index (χ0n) is 17.2. The Labute approximate surface area is 175 Å². The van der Waals surface area contributed by atoms with Gasteiger partial charge in [0.2, 0.25) is 5.78 Å². The maximum atomic E-state index is 13.0. The number of allylic oxidation sites excluding steroid dienone is 6. The Morgan fingerprint density at radius 1 is 1.38 bits per heavy atom. The molecule has 5 nitrogen and oxygen atoms in total. The first-order valence-corrected chi connectivity index (χ1v) is 10.1. The van der Waals surface area contributed by atoms with Gasteiger partial charge in [0.1, 0.15) is 11.7 Å². The molecule has 1 aliphatic carbocycles. The minimum absolute atomic E-state index is 0.0172. The highest BCUT2D eigenvalue weighted by Crippen LogP contribution is 2.52. The summed E-state index contributed by atoms with van der Waals surface area (Å²) in [5, 5.41) is -0.0172. The topological polar surface area (TPSA) is 69.7 Å². The van der Waals surface area contributed by atoms with E-state index in [4.69, 9.17) is 21.1 Å². The lowest BCUT2D eigenvalue weighted by molar-refractivity contribution is -0.156. The molecule has 3 rings (SSSR count). The van der Waals surface area contributed by atoms with Crippen LogP contribution in [0.15, 0.2) is 58.1 Å². The molecule has 1 saturated heterocycles. The molecule has 0 bridgehead atoms. The van der Waals surface area contributed by atoms with Crippen LogP contribution in [0.4, 0.5) is 0 Å². The van der Waals surface area contributed by atoms with Crippen molar-refractivity contribution in [3.8, 4) is 0 Å². The number of carbonyl (C=O) groups excluding carboxylic acids is 3. The van der Waals surface area contributed by atoms with Crippen molar-refractivity contribution in [1.82, 2.24) is 0 Å². The van der Waals surface area contributed by atoms with Crippen LogP contribution in [0.2, 0.25) is 0 Å². The molecule has 0 N–H and O–H groups in total. The molecule has 0 aromatic heterocycles. The Hall–Kier alpha value is -2.40. The summed E-state index contributed by atoms with van der Waals surface area (Å²) < 4.78 is 11.2. The van der Waals surface area contributed by atoms with Crippen molar-refractivity contribution >= 4 is 29.1 Å². The number of rotatable bonds is 5. The monoisotopic (exact) mass is 416 g/mol. The Bertz CT molecular complexity index is 933. The van der Waals surface area contributed by atoms with Gasteiger partial charge in [-0.25, -0.2) is 0 Å². The minimum Gasteiger partial charge on any atom is -0.465 e. The SMILES string of the molecule is CC=C(C)C(=O)[C@@H]1C(=O)O[C@]2(C)C(=O)C(Cl)=C3C=C(C=C[C@@H](C)CC)OC=C3[C@H]12. The van der Waals surface area contributed by atoms with E-state index in [1.807, 2.05) is 12.2 Å². The number of hydrogen-bond acceptors (Lipinski definition) is 5. The first-order valence-electron chi connectivity index (χ1n) is 9.77. The van der Waals surface area contributed by atoms with Crippen LogP contribution in [0, 0.1) is 17.8 Å². The lowest BCUT2D eigenvalue weighted by atomic mass is 9.67. The van der Waals surface area contributed by atoms with Crippen molar-refractivity contribution in [2.24, 2.45) is 17.8 Å². The summed E-state index contributed by atoms with van der Waals surface area (Å²) >= 11 is 6.39.